The minimum Gasteiger partial charge on any atom is -0.347 e. The highest BCUT2D eigenvalue weighted by Gasteiger charge is 2.46. The van der Waals surface area contributed by atoms with E-state index in [1.165, 1.54) is 0 Å². The minimum absolute atomic E-state index is 0.0434. The summed E-state index contributed by atoms with van der Waals surface area (Å²) in [6, 6.07) is 11.5. The number of fused-ring (bicyclic) bond motifs is 2. The molecule has 0 spiro atoms. The van der Waals surface area contributed by atoms with Gasteiger partial charge in [-0.2, -0.15) is 5.26 Å². The Hall–Kier alpha value is -2.58. The van der Waals surface area contributed by atoms with Crippen LogP contribution in [0.4, 0.5) is 0 Å². The van der Waals surface area contributed by atoms with Crippen LogP contribution in [0.1, 0.15) is 29.6 Å². The van der Waals surface area contributed by atoms with E-state index in [1.54, 1.807) is 12.3 Å². The molecule has 2 saturated heterocycles. The molecule has 1 aromatic carbocycles. The highest BCUT2D eigenvalue weighted by Crippen LogP contribution is 2.37. The molecular formula is C19H17ClN4O. The summed E-state index contributed by atoms with van der Waals surface area (Å²) in [5, 5.41) is 13.0. The van der Waals surface area contributed by atoms with Crippen molar-refractivity contribution < 1.29 is 4.79 Å². The lowest BCUT2D eigenvalue weighted by Crippen LogP contribution is -2.43. The lowest BCUT2D eigenvalue weighted by molar-refractivity contribution is 0.0928. The van der Waals surface area contributed by atoms with Crippen molar-refractivity contribution >= 4 is 17.5 Å². The predicted octanol–water partition coefficient (Wildman–Crippen LogP) is 3.22. The number of rotatable bonds is 3. The molecule has 0 saturated carbocycles. The molecule has 0 unspecified atom stereocenters. The van der Waals surface area contributed by atoms with E-state index in [1.807, 2.05) is 35.2 Å². The molecule has 3 atom stereocenters. The van der Waals surface area contributed by atoms with Gasteiger partial charge in [-0.05, 0) is 43.5 Å². The van der Waals surface area contributed by atoms with E-state index in [9.17, 15) is 10.1 Å². The van der Waals surface area contributed by atoms with Crippen molar-refractivity contribution in [3.63, 3.8) is 0 Å². The summed E-state index contributed by atoms with van der Waals surface area (Å²) < 4.78 is 0. The van der Waals surface area contributed by atoms with Gasteiger partial charge in [0.1, 0.15) is 0 Å². The number of nitriles is 1. The van der Waals surface area contributed by atoms with Gasteiger partial charge >= 0.3 is 0 Å². The van der Waals surface area contributed by atoms with Crippen LogP contribution in [0.2, 0.25) is 5.02 Å². The number of aromatic nitrogens is 1. The van der Waals surface area contributed by atoms with Gasteiger partial charge < -0.3 is 10.2 Å². The number of amides is 1. The van der Waals surface area contributed by atoms with Gasteiger partial charge in [0.2, 0.25) is 0 Å². The fourth-order valence-electron chi connectivity index (χ4n) is 3.87. The first kappa shape index (κ1) is 15.9. The molecule has 1 N–H and O–H groups in total. The average molecular weight is 353 g/mol. The summed E-state index contributed by atoms with van der Waals surface area (Å²) >= 11 is 5.90. The van der Waals surface area contributed by atoms with E-state index in [4.69, 9.17) is 11.6 Å². The summed E-state index contributed by atoms with van der Waals surface area (Å²) in [4.78, 5) is 18.7. The Labute approximate surface area is 151 Å². The molecule has 126 valence electrons. The van der Waals surface area contributed by atoms with Crippen LogP contribution < -0.4 is 5.32 Å². The van der Waals surface area contributed by atoms with Crippen molar-refractivity contribution in [2.24, 2.45) is 0 Å². The summed E-state index contributed by atoms with van der Waals surface area (Å²) in [5.41, 5.74) is 2.28. The Bertz CT molecular complexity index is 828. The normalized spacial score (nSPS) is 24.2. The summed E-state index contributed by atoms with van der Waals surface area (Å²) in [6.45, 7) is 0. The number of carbonyl (C=O) groups is 1. The summed E-state index contributed by atoms with van der Waals surface area (Å²) in [7, 11) is 0. The van der Waals surface area contributed by atoms with Crippen molar-refractivity contribution in [3.8, 4) is 17.5 Å². The molecule has 4 rings (SSSR count). The van der Waals surface area contributed by atoms with E-state index >= 15 is 0 Å². The average Bonchev–Trinajstić information content (AvgIpc) is 3.19. The molecule has 2 aromatic rings. The topological polar surface area (TPSA) is 69.0 Å². The van der Waals surface area contributed by atoms with Gasteiger partial charge in [0, 0.05) is 22.8 Å². The number of hydrogen-bond donors (Lipinski definition) is 1. The fourth-order valence-corrected chi connectivity index (χ4v) is 4.00. The number of nitrogens with zero attached hydrogens (tertiary/aromatic N) is 3. The fraction of sp³-hybridized carbons (Fsp3) is 0.316. The molecule has 3 heterocycles. The maximum absolute atomic E-state index is 12.5. The largest absolute Gasteiger partial charge is 0.347 e. The highest BCUT2D eigenvalue weighted by atomic mass is 35.5. The molecule has 6 heteroatoms. The van der Waals surface area contributed by atoms with Crippen LogP contribution >= 0.6 is 11.6 Å². The molecule has 1 amide bonds. The number of benzene rings is 1. The smallest absolute Gasteiger partial charge is 0.253 e. The first-order valence-corrected chi connectivity index (χ1v) is 8.74. The van der Waals surface area contributed by atoms with Crippen molar-refractivity contribution in [1.82, 2.24) is 15.2 Å². The van der Waals surface area contributed by atoms with Gasteiger partial charge in [0.05, 0.1) is 23.3 Å². The Morgan fingerprint density at radius 1 is 1.24 bits per heavy atom. The monoisotopic (exact) mass is 352 g/mol. The van der Waals surface area contributed by atoms with Gasteiger partial charge in [-0.1, -0.05) is 23.7 Å². The second-order valence-electron chi connectivity index (χ2n) is 6.56. The second kappa shape index (κ2) is 6.38. The Kier molecular flexibility index (Phi) is 4.06. The van der Waals surface area contributed by atoms with Crippen molar-refractivity contribution in [2.45, 2.75) is 37.4 Å². The molecule has 5 nitrogen and oxygen atoms in total. The predicted molar refractivity (Wildman–Crippen MR) is 94.8 cm³/mol. The Morgan fingerprint density at radius 2 is 2.04 bits per heavy atom. The lowest BCUT2D eigenvalue weighted by atomic mass is 9.95. The summed E-state index contributed by atoms with van der Waals surface area (Å²) in [6.07, 6.45) is 6.71. The highest BCUT2D eigenvalue weighted by molar-refractivity contribution is 6.30. The van der Waals surface area contributed by atoms with E-state index < -0.39 is 0 Å². The van der Waals surface area contributed by atoms with Crippen LogP contribution in [0.15, 0.2) is 42.6 Å². The molecule has 0 aliphatic carbocycles. The Morgan fingerprint density at radius 3 is 2.68 bits per heavy atom. The molecule has 2 bridgehead atoms. The van der Waals surface area contributed by atoms with Crippen LogP contribution in [0.3, 0.4) is 0 Å². The van der Waals surface area contributed by atoms with Crippen LogP contribution in [0.5, 0.6) is 0 Å². The molecule has 2 aliphatic heterocycles. The van der Waals surface area contributed by atoms with Gasteiger partial charge in [0.15, 0.2) is 6.19 Å². The number of halogens is 1. The Balaban J connectivity index is 1.45. The third-order valence-electron chi connectivity index (χ3n) is 5.13. The van der Waals surface area contributed by atoms with Gasteiger partial charge in [-0.15, -0.1) is 0 Å². The van der Waals surface area contributed by atoms with E-state index in [2.05, 4.69) is 16.5 Å². The zero-order chi connectivity index (χ0) is 17.4. The van der Waals surface area contributed by atoms with Crippen molar-refractivity contribution in [3.05, 3.63) is 53.2 Å². The van der Waals surface area contributed by atoms with Gasteiger partial charge in [-0.3, -0.25) is 9.78 Å². The molecule has 1 aromatic heterocycles. The third kappa shape index (κ3) is 2.94. The number of nitrogens with one attached hydrogen (secondary N) is 1. The minimum atomic E-state index is -0.134. The van der Waals surface area contributed by atoms with Crippen LogP contribution in [-0.2, 0) is 0 Å². The van der Waals surface area contributed by atoms with Gasteiger partial charge in [0.25, 0.3) is 5.91 Å². The van der Waals surface area contributed by atoms with Gasteiger partial charge in [-0.25, -0.2) is 0 Å². The van der Waals surface area contributed by atoms with E-state index in [-0.39, 0.29) is 24.0 Å². The molecule has 0 radical (unpaired) electrons. The van der Waals surface area contributed by atoms with Crippen molar-refractivity contribution in [1.29, 1.82) is 5.26 Å². The zero-order valence-electron chi connectivity index (χ0n) is 13.5. The maximum atomic E-state index is 12.5. The number of hydrogen-bond acceptors (Lipinski definition) is 4. The zero-order valence-corrected chi connectivity index (χ0v) is 14.3. The molecule has 2 fully saturated rings. The quantitative estimate of drug-likeness (QED) is 0.861. The van der Waals surface area contributed by atoms with Crippen LogP contribution in [0.25, 0.3) is 11.3 Å². The third-order valence-corrected chi connectivity index (χ3v) is 5.39. The van der Waals surface area contributed by atoms with E-state index in [0.29, 0.717) is 10.6 Å². The van der Waals surface area contributed by atoms with E-state index in [0.717, 1.165) is 30.5 Å². The summed E-state index contributed by atoms with van der Waals surface area (Å²) in [5.74, 6) is -0.134. The maximum Gasteiger partial charge on any atom is 0.253 e. The standard InChI is InChI=1S/C19H17ClN4O/c20-14-4-1-12(2-5-14)16-7-3-13(10-22-16)19(25)23-17-9-15-6-8-18(17)24(15)11-21/h1-5,7,10,15,17-18H,6,8-9H2,(H,23,25)/t15-,17+,18+/m0/s1. The first-order valence-electron chi connectivity index (χ1n) is 8.36. The number of pyridine rings is 1. The molecular weight excluding hydrogens is 336 g/mol. The molecule has 25 heavy (non-hydrogen) atoms. The lowest BCUT2D eigenvalue weighted by Gasteiger charge is -2.21. The van der Waals surface area contributed by atoms with Crippen LogP contribution in [-0.4, -0.2) is 33.9 Å². The number of carbonyl (C=O) groups excluding carboxylic acids is 1. The first-order chi connectivity index (χ1) is 12.2. The van der Waals surface area contributed by atoms with Crippen LogP contribution in [0, 0.1) is 11.5 Å². The second-order valence-corrected chi connectivity index (χ2v) is 7.00. The SMILES string of the molecule is N#CN1[C@H]2CC[C@@H]1[C@H](NC(=O)c1ccc(-c3ccc(Cl)cc3)nc1)C2. The molecule has 2 aliphatic rings. The van der Waals surface area contributed by atoms with Crippen molar-refractivity contribution in [2.75, 3.05) is 0 Å².